The van der Waals surface area contributed by atoms with Gasteiger partial charge in [0.15, 0.2) is 0 Å². The van der Waals surface area contributed by atoms with Gasteiger partial charge in [-0.25, -0.2) is 0 Å². The Morgan fingerprint density at radius 1 is 1.30 bits per heavy atom. The Morgan fingerprint density at radius 2 is 2.05 bits per heavy atom. The third kappa shape index (κ3) is 3.41. The summed E-state index contributed by atoms with van der Waals surface area (Å²) in [6.45, 7) is 0.576. The molecule has 2 saturated carbocycles. The van der Waals surface area contributed by atoms with Crippen LogP contribution in [-0.4, -0.2) is 15.7 Å². The largest absolute Gasteiger partial charge is 0.350 e. The zero-order valence-electron chi connectivity index (χ0n) is 12.4. The molecule has 20 heavy (non-hydrogen) atoms. The molecule has 110 valence electrons. The monoisotopic (exact) mass is 275 g/mol. The van der Waals surface area contributed by atoms with Gasteiger partial charge in [0.25, 0.3) is 0 Å². The van der Waals surface area contributed by atoms with E-state index in [2.05, 4.69) is 16.5 Å². The van der Waals surface area contributed by atoms with Crippen molar-refractivity contribution < 1.29 is 4.79 Å². The number of carbonyl (C=O) groups is 1. The SMILES string of the molecule is Cn1nc(CNC(=O)CC2CCCCC2)cc1C1CC1. The van der Waals surface area contributed by atoms with Crippen molar-refractivity contribution in [3.63, 3.8) is 0 Å². The highest BCUT2D eigenvalue weighted by Crippen LogP contribution is 2.39. The van der Waals surface area contributed by atoms with Crippen LogP contribution in [0.25, 0.3) is 0 Å². The molecule has 1 amide bonds. The van der Waals surface area contributed by atoms with Gasteiger partial charge in [0.05, 0.1) is 12.2 Å². The number of nitrogens with zero attached hydrogens (tertiary/aromatic N) is 2. The number of amides is 1. The summed E-state index contributed by atoms with van der Waals surface area (Å²) in [7, 11) is 2.00. The van der Waals surface area contributed by atoms with E-state index < -0.39 is 0 Å². The van der Waals surface area contributed by atoms with E-state index in [1.807, 2.05) is 11.7 Å². The Balaban J connectivity index is 1.46. The lowest BCUT2D eigenvalue weighted by atomic mass is 9.87. The van der Waals surface area contributed by atoms with Gasteiger partial charge in [-0.05, 0) is 37.7 Å². The van der Waals surface area contributed by atoms with Crippen molar-refractivity contribution in [1.29, 1.82) is 0 Å². The van der Waals surface area contributed by atoms with Crippen molar-refractivity contribution >= 4 is 5.91 Å². The predicted molar refractivity (Wildman–Crippen MR) is 78.2 cm³/mol. The van der Waals surface area contributed by atoms with Crippen LogP contribution in [0.5, 0.6) is 0 Å². The van der Waals surface area contributed by atoms with Gasteiger partial charge in [0, 0.05) is 25.1 Å². The van der Waals surface area contributed by atoms with Crippen LogP contribution in [0.2, 0.25) is 0 Å². The number of aromatic nitrogens is 2. The molecule has 2 fully saturated rings. The van der Waals surface area contributed by atoms with E-state index in [1.165, 1.54) is 50.6 Å². The summed E-state index contributed by atoms with van der Waals surface area (Å²) in [6.07, 6.45) is 9.65. The van der Waals surface area contributed by atoms with E-state index in [0.29, 0.717) is 24.8 Å². The van der Waals surface area contributed by atoms with Crippen LogP contribution < -0.4 is 5.32 Å². The number of hydrogen-bond donors (Lipinski definition) is 1. The maximum atomic E-state index is 12.0. The van der Waals surface area contributed by atoms with E-state index in [9.17, 15) is 4.79 Å². The first-order valence-electron chi connectivity index (χ1n) is 8.02. The molecule has 3 rings (SSSR count). The number of hydrogen-bond acceptors (Lipinski definition) is 2. The predicted octanol–water partition coefficient (Wildman–Crippen LogP) is 2.88. The normalized spacial score (nSPS) is 20.1. The highest BCUT2D eigenvalue weighted by molar-refractivity contribution is 5.76. The minimum atomic E-state index is 0.190. The lowest BCUT2D eigenvalue weighted by Crippen LogP contribution is -2.26. The molecule has 1 aromatic heterocycles. The van der Waals surface area contributed by atoms with Gasteiger partial charge in [-0.15, -0.1) is 0 Å². The number of rotatable bonds is 5. The average Bonchev–Trinajstić information content (AvgIpc) is 3.21. The summed E-state index contributed by atoms with van der Waals surface area (Å²) in [5, 5.41) is 7.52. The van der Waals surface area contributed by atoms with Crippen molar-refractivity contribution in [3.05, 3.63) is 17.5 Å². The van der Waals surface area contributed by atoms with Gasteiger partial charge in [0.2, 0.25) is 5.91 Å². The highest BCUT2D eigenvalue weighted by atomic mass is 16.1. The second-order valence-electron chi connectivity index (χ2n) is 6.44. The van der Waals surface area contributed by atoms with E-state index >= 15 is 0 Å². The fraction of sp³-hybridized carbons (Fsp3) is 0.750. The summed E-state index contributed by atoms with van der Waals surface area (Å²) in [5.74, 6) is 1.50. The van der Waals surface area contributed by atoms with Crippen molar-refractivity contribution in [2.75, 3.05) is 0 Å². The highest BCUT2D eigenvalue weighted by Gasteiger charge is 2.27. The molecule has 1 aromatic rings. The minimum Gasteiger partial charge on any atom is -0.350 e. The van der Waals surface area contributed by atoms with Crippen LogP contribution >= 0.6 is 0 Å². The molecule has 1 N–H and O–H groups in total. The first-order valence-corrected chi connectivity index (χ1v) is 8.02. The summed E-state index contributed by atoms with van der Waals surface area (Å²) >= 11 is 0. The Morgan fingerprint density at radius 3 is 2.75 bits per heavy atom. The van der Waals surface area contributed by atoms with E-state index in [0.717, 1.165) is 5.69 Å². The third-order valence-corrected chi connectivity index (χ3v) is 4.63. The molecule has 2 aliphatic carbocycles. The van der Waals surface area contributed by atoms with Crippen LogP contribution in [0.15, 0.2) is 6.07 Å². The molecule has 0 unspecified atom stereocenters. The Bertz CT molecular complexity index is 470. The van der Waals surface area contributed by atoms with E-state index in [4.69, 9.17) is 0 Å². The molecule has 0 bridgehead atoms. The lowest BCUT2D eigenvalue weighted by molar-refractivity contribution is -0.122. The quantitative estimate of drug-likeness (QED) is 0.898. The maximum absolute atomic E-state index is 12.0. The van der Waals surface area contributed by atoms with Crippen LogP contribution in [0.1, 0.15) is 68.7 Å². The fourth-order valence-corrected chi connectivity index (χ4v) is 3.31. The van der Waals surface area contributed by atoms with Gasteiger partial charge < -0.3 is 5.32 Å². The molecule has 0 saturated heterocycles. The van der Waals surface area contributed by atoms with Crippen LogP contribution in [0.4, 0.5) is 0 Å². The third-order valence-electron chi connectivity index (χ3n) is 4.63. The molecule has 4 heteroatoms. The Hall–Kier alpha value is -1.32. The fourth-order valence-electron chi connectivity index (χ4n) is 3.31. The molecule has 1 heterocycles. The zero-order valence-corrected chi connectivity index (χ0v) is 12.4. The molecular weight excluding hydrogens is 250 g/mol. The molecule has 0 radical (unpaired) electrons. The van der Waals surface area contributed by atoms with Crippen LogP contribution in [0.3, 0.4) is 0 Å². The van der Waals surface area contributed by atoms with Crippen molar-refractivity contribution in [3.8, 4) is 0 Å². The smallest absolute Gasteiger partial charge is 0.220 e. The lowest BCUT2D eigenvalue weighted by Gasteiger charge is -2.20. The first kappa shape index (κ1) is 13.7. The van der Waals surface area contributed by atoms with Crippen LogP contribution in [0, 0.1) is 5.92 Å². The molecule has 0 aliphatic heterocycles. The maximum Gasteiger partial charge on any atom is 0.220 e. The van der Waals surface area contributed by atoms with Crippen molar-refractivity contribution in [1.82, 2.24) is 15.1 Å². The molecule has 0 spiro atoms. The molecule has 4 nitrogen and oxygen atoms in total. The standard InChI is InChI=1S/C16H25N3O/c1-19-15(13-7-8-13)10-14(18-19)11-17-16(20)9-12-5-3-2-4-6-12/h10,12-13H,2-9,11H2,1H3,(H,17,20). The number of nitrogens with one attached hydrogen (secondary N) is 1. The molecule has 0 atom stereocenters. The molecule has 2 aliphatic rings. The second kappa shape index (κ2) is 5.98. The number of aryl methyl sites for hydroxylation is 1. The van der Waals surface area contributed by atoms with Gasteiger partial charge in [-0.3, -0.25) is 9.48 Å². The van der Waals surface area contributed by atoms with Crippen molar-refractivity contribution in [2.45, 2.75) is 63.8 Å². The average molecular weight is 275 g/mol. The Labute approximate surface area is 120 Å². The van der Waals surface area contributed by atoms with E-state index in [1.54, 1.807) is 0 Å². The summed E-state index contributed by atoms with van der Waals surface area (Å²) in [6, 6.07) is 2.15. The van der Waals surface area contributed by atoms with Gasteiger partial charge >= 0.3 is 0 Å². The summed E-state index contributed by atoms with van der Waals surface area (Å²) in [5.41, 5.74) is 2.31. The number of carbonyl (C=O) groups excluding carboxylic acids is 1. The Kier molecular flexibility index (Phi) is 4.08. The van der Waals surface area contributed by atoms with Gasteiger partial charge in [0.1, 0.15) is 0 Å². The molecule has 0 aromatic carbocycles. The topological polar surface area (TPSA) is 46.9 Å². The second-order valence-corrected chi connectivity index (χ2v) is 6.44. The minimum absolute atomic E-state index is 0.190. The van der Waals surface area contributed by atoms with E-state index in [-0.39, 0.29) is 5.91 Å². The first-order chi connectivity index (χ1) is 9.72. The van der Waals surface area contributed by atoms with Gasteiger partial charge in [-0.1, -0.05) is 19.3 Å². The zero-order chi connectivity index (χ0) is 13.9. The summed E-state index contributed by atoms with van der Waals surface area (Å²) < 4.78 is 1.97. The molecular formula is C16H25N3O. The summed E-state index contributed by atoms with van der Waals surface area (Å²) in [4.78, 5) is 12.0. The van der Waals surface area contributed by atoms with Crippen LogP contribution in [-0.2, 0) is 18.4 Å². The van der Waals surface area contributed by atoms with Gasteiger partial charge in [-0.2, -0.15) is 5.10 Å². The van der Waals surface area contributed by atoms with Crippen molar-refractivity contribution in [2.24, 2.45) is 13.0 Å².